The number of aliphatic hydroxyl groups excluding tert-OH is 1. The smallest absolute Gasteiger partial charge is 0.0566 e. The van der Waals surface area contributed by atoms with E-state index in [1.54, 1.807) is 0 Å². The molecule has 3 unspecified atom stereocenters. The van der Waals surface area contributed by atoms with Crippen molar-refractivity contribution >= 4 is 11.6 Å². The van der Waals surface area contributed by atoms with E-state index in [-0.39, 0.29) is 12.1 Å². The van der Waals surface area contributed by atoms with Gasteiger partial charge in [0.15, 0.2) is 0 Å². The van der Waals surface area contributed by atoms with Crippen molar-refractivity contribution < 1.29 is 5.11 Å². The van der Waals surface area contributed by atoms with Crippen LogP contribution in [0.1, 0.15) is 32.3 Å². The third kappa shape index (κ3) is 4.96. The van der Waals surface area contributed by atoms with Crippen molar-refractivity contribution in [2.24, 2.45) is 17.6 Å². The summed E-state index contributed by atoms with van der Waals surface area (Å²) in [6, 6.07) is 8.16. The lowest BCUT2D eigenvalue weighted by molar-refractivity contribution is 0.0642. The predicted molar refractivity (Wildman–Crippen MR) is 88.3 cm³/mol. The standard InChI is InChI=1S/C17H27ClN2O/c1-12(2)17(21)8-13-7-15(19)11-20(9-13)10-14-5-3-4-6-16(14)18/h3-6,12-13,15,17,21H,7-11,19H2,1-2H3. The molecule has 0 bridgehead atoms. The average Bonchev–Trinajstić information content (AvgIpc) is 2.40. The summed E-state index contributed by atoms with van der Waals surface area (Å²) in [4.78, 5) is 2.37. The van der Waals surface area contributed by atoms with Crippen LogP contribution in [0.3, 0.4) is 0 Å². The minimum atomic E-state index is -0.234. The molecule has 0 aromatic heterocycles. The zero-order valence-electron chi connectivity index (χ0n) is 13.0. The summed E-state index contributed by atoms with van der Waals surface area (Å²) in [7, 11) is 0. The lowest BCUT2D eigenvalue weighted by Gasteiger charge is -2.37. The number of likely N-dealkylation sites (tertiary alicyclic amines) is 1. The number of halogens is 1. The van der Waals surface area contributed by atoms with Crippen molar-refractivity contribution in [3.05, 3.63) is 34.9 Å². The highest BCUT2D eigenvalue weighted by Gasteiger charge is 2.27. The Kier molecular flexibility index (Phi) is 6.06. The van der Waals surface area contributed by atoms with E-state index in [0.29, 0.717) is 11.8 Å². The van der Waals surface area contributed by atoms with E-state index in [1.807, 2.05) is 18.2 Å². The Labute approximate surface area is 133 Å². The predicted octanol–water partition coefficient (Wildman–Crippen LogP) is 2.90. The summed E-state index contributed by atoms with van der Waals surface area (Å²) in [5, 5.41) is 10.9. The Morgan fingerprint density at radius 1 is 1.33 bits per heavy atom. The number of nitrogens with two attached hydrogens (primary N) is 1. The van der Waals surface area contributed by atoms with E-state index in [0.717, 1.165) is 43.1 Å². The van der Waals surface area contributed by atoms with Crippen molar-refractivity contribution in [3.8, 4) is 0 Å². The molecule has 1 aromatic rings. The minimum absolute atomic E-state index is 0.186. The number of nitrogens with zero attached hydrogens (tertiary/aromatic N) is 1. The van der Waals surface area contributed by atoms with E-state index in [1.165, 1.54) is 0 Å². The fourth-order valence-corrected chi connectivity index (χ4v) is 3.33. The van der Waals surface area contributed by atoms with Gasteiger partial charge in [-0.1, -0.05) is 43.6 Å². The zero-order chi connectivity index (χ0) is 15.4. The fourth-order valence-electron chi connectivity index (χ4n) is 3.13. The lowest BCUT2D eigenvalue weighted by atomic mass is 9.87. The van der Waals surface area contributed by atoms with Crippen molar-refractivity contribution in [2.45, 2.75) is 45.4 Å². The molecule has 118 valence electrons. The fraction of sp³-hybridized carbons (Fsp3) is 0.647. The second-order valence-electron chi connectivity index (χ2n) is 6.69. The first kappa shape index (κ1) is 16.8. The van der Waals surface area contributed by atoms with Crippen LogP contribution in [0, 0.1) is 11.8 Å². The molecular formula is C17H27ClN2O. The van der Waals surface area contributed by atoms with Crippen molar-refractivity contribution in [1.82, 2.24) is 4.90 Å². The molecule has 3 atom stereocenters. The summed E-state index contributed by atoms with van der Waals surface area (Å²) in [6.45, 7) is 6.85. The lowest BCUT2D eigenvalue weighted by Crippen LogP contribution is -2.47. The van der Waals surface area contributed by atoms with Gasteiger partial charge in [0.25, 0.3) is 0 Å². The molecule has 1 saturated heterocycles. The number of aliphatic hydroxyl groups is 1. The second kappa shape index (κ2) is 7.59. The van der Waals surface area contributed by atoms with Gasteiger partial charge in [0.1, 0.15) is 0 Å². The number of hydrogen-bond acceptors (Lipinski definition) is 3. The van der Waals surface area contributed by atoms with Gasteiger partial charge in [-0.2, -0.15) is 0 Å². The first-order chi connectivity index (χ1) is 9.95. The van der Waals surface area contributed by atoms with Crippen LogP contribution < -0.4 is 5.73 Å². The second-order valence-corrected chi connectivity index (χ2v) is 7.10. The number of hydrogen-bond donors (Lipinski definition) is 2. The van der Waals surface area contributed by atoms with Crippen LogP contribution in [0.2, 0.25) is 5.02 Å². The minimum Gasteiger partial charge on any atom is -0.393 e. The number of benzene rings is 1. The van der Waals surface area contributed by atoms with E-state index < -0.39 is 0 Å². The molecule has 1 aliphatic rings. The van der Waals surface area contributed by atoms with Gasteiger partial charge in [-0.15, -0.1) is 0 Å². The Morgan fingerprint density at radius 3 is 2.71 bits per heavy atom. The molecule has 0 amide bonds. The van der Waals surface area contributed by atoms with Crippen LogP contribution in [0.4, 0.5) is 0 Å². The van der Waals surface area contributed by atoms with Crippen LogP contribution >= 0.6 is 11.6 Å². The number of rotatable bonds is 5. The molecule has 2 rings (SSSR count). The summed E-state index contributed by atoms with van der Waals surface area (Å²) in [5.41, 5.74) is 7.35. The van der Waals surface area contributed by atoms with Crippen LogP contribution in [0.15, 0.2) is 24.3 Å². The van der Waals surface area contributed by atoms with E-state index in [4.69, 9.17) is 17.3 Å². The monoisotopic (exact) mass is 310 g/mol. The third-order valence-corrected chi connectivity index (χ3v) is 4.71. The Hall–Kier alpha value is -0.610. The SMILES string of the molecule is CC(C)C(O)CC1CC(N)CN(Cc2ccccc2Cl)C1. The van der Waals surface area contributed by atoms with Crippen molar-refractivity contribution in [2.75, 3.05) is 13.1 Å². The maximum atomic E-state index is 10.1. The first-order valence-corrected chi connectivity index (χ1v) is 8.23. The van der Waals surface area contributed by atoms with Gasteiger partial charge in [-0.3, -0.25) is 4.90 Å². The molecule has 4 heteroatoms. The van der Waals surface area contributed by atoms with E-state index in [2.05, 4.69) is 24.8 Å². The molecule has 3 nitrogen and oxygen atoms in total. The zero-order valence-corrected chi connectivity index (χ0v) is 13.8. The topological polar surface area (TPSA) is 49.5 Å². The Bertz CT molecular complexity index is 452. The largest absolute Gasteiger partial charge is 0.393 e. The van der Waals surface area contributed by atoms with Gasteiger partial charge in [-0.05, 0) is 36.3 Å². The maximum absolute atomic E-state index is 10.1. The molecule has 3 N–H and O–H groups in total. The Balaban J connectivity index is 1.96. The van der Waals surface area contributed by atoms with Gasteiger partial charge >= 0.3 is 0 Å². The molecule has 1 aromatic carbocycles. The van der Waals surface area contributed by atoms with Crippen LogP contribution in [-0.4, -0.2) is 35.2 Å². The van der Waals surface area contributed by atoms with Crippen molar-refractivity contribution in [1.29, 1.82) is 0 Å². The summed E-state index contributed by atoms with van der Waals surface area (Å²) >= 11 is 6.24. The number of piperidine rings is 1. The van der Waals surface area contributed by atoms with Gasteiger partial charge < -0.3 is 10.8 Å². The van der Waals surface area contributed by atoms with Gasteiger partial charge in [0.2, 0.25) is 0 Å². The molecule has 0 spiro atoms. The van der Waals surface area contributed by atoms with Crippen LogP contribution in [0.5, 0.6) is 0 Å². The molecule has 1 aliphatic heterocycles. The average molecular weight is 311 g/mol. The molecule has 1 fully saturated rings. The van der Waals surface area contributed by atoms with Crippen molar-refractivity contribution in [3.63, 3.8) is 0 Å². The Morgan fingerprint density at radius 2 is 2.05 bits per heavy atom. The highest BCUT2D eigenvalue weighted by molar-refractivity contribution is 6.31. The quantitative estimate of drug-likeness (QED) is 0.879. The first-order valence-electron chi connectivity index (χ1n) is 7.85. The summed E-state index contributed by atoms with van der Waals surface area (Å²) in [5.74, 6) is 0.772. The maximum Gasteiger partial charge on any atom is 0.0566 e. The van der Waals surface area contributed by atoms with Gasteiger partial charge in [0.05, 0.1) is 6.10 Å². The van der Waals surface area contributed by atoms with Crippen LogP contribution in [-0.2, 0) is 6.54 Å². The molecule has 21 heavy (non-hydrogen) atoms. The van der Waals surface area contributed by atoms with Gasteiger partial charge in [-0.25, -0.2) is 0 Å². The van der Waals surface area contributed by atoms with Gasteiger partial charge in [0, 0.05) is 30.7 Å². The third-order valence-electron chi connectivity index (χ3n) is 4.34. The normalized spacial score (nSPS) is 25.2. The highest BCUT2D eigenvalue weighted by Crippen LogP contribution is 2.25. The molecule has 0 saturated carbocycles. The van der Waals surface area contributed by atoms with E-state index in [9.17, 15) is 5.11 Å². The highest BCUT2D eigenvalue weighted by atomic mass is 35.5. The molecule has 0 aliphatic carbocycles. The molecular weight excluding hydrogens is 284 g/mol. The molecule has 1 heterocycles. The van der Waals surface area contributed by atoms with E-state index >= 15 is 0 Å². The van der Waals surface area contributed by atoms with Crippen LogP contribution in [0.25, 0.3) is 0 Å². The summed E-state index contributed by atoms with van der Waals surface area (Å²) in [6.07, 6.45) is 1.61. The molecule has 0 radical (unpaired) electrons. The summed E-state index contributed by atoms with van der Waals surface area (Å²) < 4.78 is 0.